The molecule has 0 unspecified atom stereocenters. The molecule has 1 aromatic carbocycles. The lowest BCUT2D eigenvalue weighted by atomic mass is 9.78. The van der Waals surface area contributed by atoms with Gasteiger partial charge in [0, 0.05) is 1.43 Å². The second kappa shape index (κ2) is 6.69. The summed E-state index contributed by atoms with van der Waals surface area (Å²) in [5.41, 5.74) is 0.482. The molecule has 1 aromatic rings. The van der Waals surface area contributed by atoms with Crippen LogP contribution in [0.1, 0.15) is 46.0 Å². The van der Waals surface area contributed by atoms with Gasteiger partial charge in [-0.3, -0.25) is 0 Å². The first-order valence-electron chi connectivity index (χ1n) is 6.31. The highest BCUT2D eigenvalue weighted by Crippen LogP contribution is 2.38. The third-order valence-electron chi connectivity index (χ3n) is 3.84. The third kappa shape index (κ3) is 3.14. The van der Waals surface area contributed by atoms with Crippen molar-refractivity contribution in [2.24, 2.45) is 5.92 Å². The Morgan fingerprint density at radius 1 is 1.21 bits per heavy atom. The van der Waals surface area contributed by atoms with Crippen LogP contribution < -0.4 is 4.74 Å². The van der Waals surface area contributed by atoms with Crippen LogP contribution in [0.2, 0.25) is 0 Å². The Bertz CT molecular complexity index is 440. The highest BCUT2D eigenvalue weighted by Gasteiger charge is 2.25. The minimum atomic E-state index is -0.874. The Morgan fingerprint density at radius 2 is 1.84 bits per heavy atom. The molecule has 1 aliphatic carbocycles. The number of rotatable bonds is 3. The van der Waals surface area contributed by atoms with Gasteiger partial charge in [0.05, 0.1) is 7.11 Å². The van der Waals surface area contributed by atoms with Crippen molar-refractivity contribution in [3.63, 3.8) is 0 Å². The Kier molecular flexibility index (Phi) is 5.52. The summed E-state index contributed by atoms with van der Waals surface area (Å²) in [4.78, 5) is 0. The second-order valence-corrected chi connectivity index (χ2v) is 4.83. The van der Waals surface area contributed by atoms with Crippen molar-refractivity contribution >= 4 is 0 Å². The molecule has 0 heterocycles. The quantitative estimate of drug-likeness (QED) is 0.676. The summed E-state index contributed by atoms with van der Waals surface area (Å²) in [5, 5.41) is 0. The fraction of sp³-hybridized carbons (Fsp3) is 0.500. The molecular weight excluding hydrogens is 246 g/mol. The van der Waals surface area contributed by atoms with E-state index in [4.69, 9.17) is 4.74 Å². The zero-order chi connectivity index (χ0) is 13.1. The molecule has 1 nitrogen and oxygen atoms in total. The van der Waals surface area contributed by atoms with Gasteiger partial charge >= 0.3 is 0 Å². The van der Waals surface area contributed by atoms with Crippen LogP contribution in [0, 0.1) is 17.6 Å². The molecule has 0 atom stereocenters. The van der Waals surface area contributed by atoms with Gasteiger partial charge in [-0.2, -0.15) is 4.39 Å². The summed E-state index contributed by atoms with van der Waals surface area (Å²) in [6.45, 7) is 3.79. The third-order valence-corrected chi connectivity index (χ3v) is 3.84. The Morgan fingerprint density at radius 3 is 2.37 bits per heavy atom. The predicted molar refractivity (Wildman–Crippen MR) is 76.7 cm³/mol. The van der Waals surface area contributed by atoms with Gasteiger partial charge in [-0.05, 0) is 49.1 Å². The molecule has 2 rings (SSSR count). The van der Waals surface area contributed by atoms with Crippen LogP contribution in [0.25, 0.3) is 0 Å². The van der Waals surface area contributed by atoms with Crippen LogP contribution in [0.4, 0.5) is 8.78 Å². The van der Waals surface area contributed by atoms with Gasteiger partial charge in [0.15, 0.2) is 11.6 Å². The summed E-state index contributed by atoms with van der Waals surface area (Å²) < 4.78 is 32.4. The van der Waals surface area contributed by atoms with Crippen LogP contribution in [0.3, 0.4) is 0 Å². The first kappa shape index (κ1) is 15.7. The summed E-state index contributed by atoms with van der Waals surface area (Å²) in [6.07, 6.45) is 5.74. The standard InChI is InChI=1S/C15H18F2O.CH4.H2/c1-3-10-4-6-11(7-5-10)12-8-9-13(18-2)15(17)14(12)16;;/h3,8-11H,1,4-7H2,2H3;1H4;1H. The SMILES string of the molecule is C.C=CC1CCC(c2ccc(OC)c(F)c2F)CC1.[HH]. The highest BCUT2D eigenvalue weighted by molar-refractivity contribution is 5.33. The van der Waals surface area contributed by atoms with E-state index in [2.05, 4.69) is 6.58 Å². The average Bonchev–Trinajstić information content (AvgIpc) is 2.42. The van der Waals surface area contributed by atoms with Gasteiger partial charge in [0.25, 0.3) is 0 Å². The van der Waals surface area contributed by atoms with Crippen molar-refractivity contribution in [1.82, 2.24) is 0 Å². The van der Waals surface area contributed by atoms with E-state index >= 15 is 0 Å². The summed E-state index contributed by atoms with van der Waals surface area (Å²) in [5.74, 6) is -1.03. The minimum absolute atomic E-state index is 0. The van der Waals surface area contributed by atoms with Crippen LogP contribution in [0.15, 0.2) is 24.8 Å². The van der Waals surface area contributed by atoms with Gasteiger partial charge in [0.1, 0.15) is 0 Å². The molecule has 0 aliphatic heterocycles. The van der Waals surface area contributed by atoms with Gasteiger partial charge in [-0.1, -0.05) is 19.6 Å². The lowest BCUT2D eigenvalue weighted by molar-refractivity contribution is 0.350. The number of halogens is 2. The molecule has 0 N–H and O–H groups in total. The zero-order valence-electron chi connectivity index (χ0n) is 10.6. The van der Waals surface area contributed by atoms with Gasteiger partial charge in [0.2, 0.25) is 5.82 Å². The number of methoxy groups -OCH3 is 1. The zero-order valence-corrected chi connectivity index (χ0v) is 10.6. The summed E-state index contributed by atoms with van der Waals surface area (Å²) >= 11 is 0. The van der Waals surface area contributed by atoms with Gasteiger partial charge in [-0.15, -0.1) is 6.58 Å². The van der Waals surface area contributed by atoms with Gasteiger partial charge in [-0.25, -0.2) is 4.39 Å². The molecule has 0 saturated heterocycles. The van der Waals surface area contributed by atoms with E-state index in [0.717, 1.165) is 25.7 Å². The molecule has 1 aliphatic rings. The van der Waals surface area contributed by atoms with E-state index in [1.165, 1.54) is 13.2 Å². The maximum absolute atomic E-state index is 13.9. The van der Waals surface area contributed by atoms with Crippen molar-refractivity contribution in [1.29, 1.82) is 0 Å². The number of ether oxygens (including phenoxy) is 1. The first-order chi connectivity index (χ1) is 8.67. The molecule has 19 heavy (non-hydrogen) atoms. The molecule has 0 amide bonds. The lowest BCUT2D eigenvalue weighted by Crippen LogP contribution is -2.13. The average molecular weight is 270 g/mol. The second-order valence-electron chi connectivity index (χ2n) is 4.83. The number of hydrogen-bond acceptors (Lipinski definition) is 1. The Hall–Kier alpha value is -1.38. The number of allylic oxidation sites excluding steroid dienone is 1. The molecule has 108 valence electrons. The summed E-state index contributed by atoms with van der Waals surface area (Å²) in [6, 6.07) is 3.16. The maximum Gasteiger partial charge on any atom is 0.200 e. The monoisotopic (exact) mass is 270 g/mol. The van der Waals surface area contributed by atoms with Crippen molar-refractivity contribution in [3.8, 4) is 5.75 Å². The van der Waals surface area contributed by atoms with E-state index in [1.54, 1.807) is 6.07 Å². The van der Waals surface area contributed by atoms with Crippen molar-refractivity contribution in [3.05, 3.63) is 42.0 Å². The molecule has 3 heteroatoms. The normalized spacial score (nSPS) is 22.5. The molecule has 0 bridgehead atoms. The van der Waals surface area contributed by atoms with Crippen molar-refractivity contribution < 1.29 is 14.9 Å². The predicted octanol–water partition coefficient (Wildman–Crippen LogP) is 5.32. The minimum Gasteiger partial charge on any atom is -0.494 e. The van der Waals surface area contributed by atoms with Crippen LogP contribution in [0.5, 0.6) is 5.75 Å². The molecule has 1 saturated carbocycles. The molecule has 1 fully saturated rings. The van der Waals surface area contributed by atoms with Crippen LogP contribution in [-0.2, 0) is 0 Å². The fourth-order valence-electron chi connectivity index (χ4n) is 2.69. The van der Waals surface area contributed by atoms with Crippen molar-refractivity contribution in [2.75, 3.05) is 7.11 Å². The Labute approximate surface area is 115 Å². The van der Waals surface area contributed by atoms with E-state index in [0.29, 0.717) is 11.5 Å². The number of hydrogen-bond donors (Lipinski definition) is 0. The van der Waals surface area contributed by atoms with E-state index in [1.807, 2.05) is 6.08 Å². The van der Waals surface area contributed by atoms with Gasteiger partial charge < -0.3 is 4.74 Å². The Balaban J connectivity index is 0.00000180. The molecular formula is C16H24F2O. The van der Waals surface area contributed by atoms with E-state index < -0.39 is 11.6 Å². The maximum atomic E-state index is 13.9. The first-order valence-corrected chi connectivity index (χ1v) is 6.31. The molecule has 0 aromatic heterocycles. The molecule has 0 radical (unpaired) electrons. The van der Waals surface area contributed by atoms with Crippen molar-refractivity contribution in [2.45, 2.75) is 39.0 Å². The molecule has 0 spiro atoms. The lowest BCUT2D eigenvalue weighted by Gasteiger charge is -2.27. The van der Waals surface area contributed by atoms with E-state index in [9.17, 15) is 8.78 Å². The highest BCUT2D eigenvalue weighted by atomic mass is 19.2. The van der Waals surface area contributed by atoms with E-state index in [-0.39, 0.29) is 20.5 Å². The fourth-order valence-corrected chi connectivity index (χ4v) is 2.69. The number of benzene rings is 1. The summed E-state index contributed by atoms with van der Waals surface area (Å²) in [7, 11) is 1.34. The largest absolute Gasteiger partial charge is 0.494 e. The van der Waals surface area contributed by atoms with Crippen LogP contribution >= 0.6 is 0 Å². The topological polar surface area (TPSA) is 9.23 Å². The van der Waals surface area contributed by atoms with Crippen LogP contribution in [-0.4, -0.2) is 7.11 Å². The smallest absolute Gasteiger partial charge is 0.200 e.